The number of aromatic amines is 1. The van der Waals surface area contributed by atoms with Gasteiger partial charge in [0, 0.05) is 17.5 Å². The molecule has 8 nitrogen and oxygen atoms in total. The van der Waals surface area contributed by atoms with Crippen LogP contribution in [0.3, 0.4) is 0 Å². The summed E-state index contributed by atoms with van der Waals surface area (Å²) in [5.41, 5.74) is 5.72. The van der Waals surface area contributed by atoms with Crippen molar-refractivity contribution in [2.24, 2.45) is 5.92 Å². The van der Waals surface area contributed by atoms with Gasteiger partial charge in [0.05, 0.1) is 24.2 Å². The summed E-state index contributed by atoms with van der Waals surface area (Å²) in [7, 11) is 7.28. The zero-order valence-corrected chi connectivity index (χ0v) is 21.7. The highest BCUT2D eigenvalue weighted by Crippen LogP contribution is 2.41. The second kappa shape index (κ2) is 9.38. The molecule has 4 aromatic rings. The number of ether oxygens (including phenoxy) is 2. The summed E-state index contributed by atoms with van der Waals surface area (Å²) in [5.74, 6) is 1.35. The molecule has 2 radical (unpaired) electrons. The highest BCUT2D eigenvalue weighted by Gasteiger charge is 2.37. The number of nitrogens with one attached hydrogen (secondary N) is 2. The van der Waals surface area contributed by atoms with Crippen LogP contribution in [-0.4, -0.2) is 54.4 Å². The maximum Gasteiger partial charge on any atom is 0.407 e. The van der Waals surface area contributed by atoms with E-state index in [1.165, 1.54) is 7.11 Å². The molecule has 0 spiro atoms. The van der Waals surface area contributed by atoms with Crippen LogP contribution in [0.1, 0.15) is 44.1 Å². The Morgan fingerprint density at radius 2 is 2.03 bits per heavy atom. The van der Waals surface area contributed by atoms with Crippen LogP contribution in [0.2, 0.25) is 0 Å². The van der Waals surface area contributed by atoms with Gasteiger partial charge in [-0.2, -0.15) is 0 Å². The summed E-state index contributed by atoms with van der Waals surface area (Å²) < 4.78 is 10.9. The van der Waals surface area contributed by atoms with Gasteiger partial charge < -0.3 is 24.7 Å². The smallest absolute Gasteiger partial charge is 0.407 e. The molecule has 38 heavy (non-hydrogen) atoms. The standard InChI is InChI=1S/C29H29BN4O4/c1-15(2)25(33-29(36)37-3)28(35)34-10-4-5-23(34)27-31-22-9-6-16-12-21-19-8-7-18(30)11-17(19)14-38-24(21)13-20(16)26(22)32-27/h6-9,11-13,15,23,25H,4-5,10,14H2,1-3H3,(H,31,32)(H,33,36)/t23-,25-/m0/s1. The first-order valence-electron chi connectivity index (χ1n) is 13.0. The molecule has 0 unspecified atom stereocenters. The third kappa shape index (κ3) is 4.06. The highest BCUT2D eigenvalue weighted by atomic mass is 16.5. The topological polar surface area (TPSA) is 96.6 Å². The maximum atomic E-state index is 13.5. The molecule has 2 aliphatic rings. The second-order valence-electron chi connectivity index (χ2n) is 10.4. The molecule has 0 aliphatic carbocycles. The third-order valence-corrected chi connectivity index (χ3v) is 7.63. The number of fused-ring (bicyclic) bond motifs is 6. The lowest BCUT2D eigenvalue weighted by Crippen LogP contribution is -2.51. The fourth-order valence-electron chi connectivity index (χ4n) is 5.68. The lowest BCUT2D eigenvalue weighted by atomic mass is 9.88. The van der Waals surface area contributed by atoms with E-state index in [1.54, 1.807) is 0 Å². The van der Waals surface area contributed by atoms with Crippen LogP contribution in [-0.2, 0) is 16.1 Å². The van der Waals surface area contributed by atoms with Gasteiger partial charge in [0.2, 0.25) is 5.91 Å². The van der Waals surface area contributed by atoms with Crippen molar-refractivity contribution >= 4 is 47.1 Å². The molecule has 2 aliphatic heterocycles. The minimum absolute atomic E-state index is 0.0878. The van der Waals surface area contributed by atoms with Gasteiger partial charge in [0.25, 0.3) is 0 Å². The summed E-state index contributed by atoms with van der Waals surface area (Å²) in [4.78, 5) is 35.7. The Kier molecular flexibility index (Phi) is 6.01. The van der Waals surface area contributed by atoms with Gasteiger partial charge in [-0.1, -0.05) is 43.6 Å². The molecule has 0 saturated carbocycles. The molecule has 192 valence electrons. The zero-order chi connectivity index (χ0) is 26.6. The lowest BCUT2D eigenvalue weighted by Gasteiger charge is -2.29. The zero-order valence-electron chi connectivity index (χ0n) is 21.7. The lowest BCUT2D eigenvalue weighted by molar-refractivity contribution is -0.135. The highest BCUT2D eigenvalue weighted by molar-refractivity contribution is 6.32. The van der Waals surface area contributed by atoms with Gasteiger partial charge in [-0.3, -0.25) is 4.79 Å². The van der Waals surface area contributed by atoms with Crippen LogP contribution in [0, 0.1) is 5.92 Å². The van der Waals surface area contributed by atoms with Gasteiger partial charge >= 0.3 is 6.09 Å². The minimum Gasteiger partial charge on any atom is -0.488 e. The van der Waals surface area contributed by atoms with Gasteiger partial charge in [-0.15, -0.1) is 0 Å². The molecule has 2 atom stereocenters. The summed E-state index contributed by atoms with van der Waals surface area (Å²) >= 11 is 0. The van der Waals surface area contributed by atoms with Crippen LogP contribution in [0.5, 0.6) is 5.75 Å². The molecule has 3 heterocycles. The van der Waals surface area contributed by atoms with Crippen molar-refractivity contribution in [2.75, 3.05) is 13.7 Å². The number of H-pyrrole nitrogens is 1. The first-order chi connectivity index (χ1) is 18.3. The largest absolute Gasteiger partial charge is 0.488 e. The Balaban J connectivity index is 1.37. The van der Waals surface area contributed by atoms with Crippen LogP contribution in [0.4, 0.5) is 4.79 Å². The molecular weight excluding hydrogens is 479 g/mol. The Hall–Kier alpha value is -4.01. The number of methoxy groups -OCH3 is 1. The number of nitrogens with zero attached hydrogens (tertiary/aromatic N) is 2. The predicted octanol–water partition coefficient (Wildman–Crippen LogP) is 4.11. The molecule has 3 aromatic carbocycles. The number of hydrogen-bond donors (Lipinski definition) is 2. The van der Waals surface area contributed by atoms with Crippen molar-refractivity contribution in [3.63, 3.8) is 0 Å². The number of aromatic nitrogens is 2. The van der Waals surface area contributed by atoms with Crippen LogP contribution < -0.4 is 15.5 Å². The van der Waals surface area contributed by atoms with Crippen molar-refractivity contribution in [3.05, 3.63) is 53.9 Å². The monoisotopic (exact) mass is 508 g/mol. The Morgan fingerprint density at radius 1 is 1.18 bits per heavy atom. The van der Waals surface area contributed by atoms with Gasteiger partial charge in [-0.05, 0) is 53.5 Å². The second-order valence-corrected chi connectivity index (χ2v) is 10.4. The van der Waals surface area contributed by atoms with E-state index >= 15 is 0 Å². The molecule has 2 N–H and O–H groups in total. The molecule has 2 amide bonds. The molecule has 0 bridgehead atoms. The maximum absolute atomic E-state index is 13.5. The normalized spacial score (nSPS) is 17.3. The molecular formula is C29H29BN4O4. The van der Waals surface area contributed by atoms with E-state index < -0.39 is 12.1 Å². The van der Waals surface area contributed by atoms with E-state index in [-0.39, 0.29) is 17.9 Å². The van der Waals surface area contributed by atoms with Crippen molar-refractivity contribution in [1.29, 1.82) is 0 Å². The van der Waals surface area contributed by atoms with Crippen molar-refractivity contribution in [1.82, 2.24) is 20.2 Å². The number of rotatable bonds is 4. The number of amides is 2. The first-order valence-corrected chi connectivity index (χ1v) is 13.0. The predicted molar refractivity (Wildman–Crippen MR) is 147 cm³/mol. The van der Waals surface area contributed by atoms with Crippen molar-refractivity contribution in [3.8, 4) is 16.9 Å². The van der Waals surface area contributed by atoms with E-state index in [9.17, 15) is 9.59 Å². The summed E-state index contributed by atoms with van der Waals surface area (Å²) in [6.45, 7) is 4.90. The summed E-state index contributed by atoms with van der Waals surface area (Å²) in [5, 5.41) is 4.75. The average Bonchev–Trinajstić information content (AvgIpc) is 3.57. The van der Waals surface area contributed by atoms with E-state index in [2.05, 4.69) is 28.5 Å². The summed E-state index contributed by atoms with van der Waals surface area (Å²) in [6.07, 6.45) is 1.05. The number of likely N-dealkylation sites (tertiary alicyclic amines) is 1. The molecule has 1 saturated heterocycles. The number of hydrogen-bond acceptors (Lipinski definition) is 5. The van der Waals surface area contributed by atoms with Crippen molar-refractivity contribution < 1.29 is 19.1 Å². The van der Waals surface area contributed by atoms with Crippen molar-refractivity contribution in [2.45, 2.75) is 45.4 Å². The number of alkyl carbamates (subject to hydrolysis) is 1. The van der Waals surface area contributed by atoms with Crippen LogP contribution in [0.15, 0.2) is 42.5 Å². The Labute approximate surface area is 222 Å². The van der Waals surface area contributed by atoms with Gasteiger partial charge in [0.1, 0.15) is 32.1 Å². The quantitative estimate of drug-likeness (QED) is 0.405. The van der Waals surface area contributed by atoms with E-state index in [1.807, 2.05) is 43.0 Å². The van der Waals surface area contributed by atoms with E-state index in [0.29, 0.717) is 13.2 Å². The number of imidazole rings is 1. The minimum atomic E-state index is -0.671. The number of carbonyl (C=O) groups is 2. The van der Waals surface area contributed by atoms with Crippen LogP contribution in [0.25, 0.3) is 32.9 Å². The average molecular weight is 508 g/mol. The van der Waals surface area contributed by atoms with Gasteiger partial charge in [0.15, 0.2) is 0 Å². The fraction of sp³-hybridized carbons (Fsp3) is 0.345. The molecule has 9 heteroatoms. The first kappa shape index (κ1) is 24.3. The molecule has 1 aromatic heterocycles. The Morgan fingerprint density at radius 3 is 2.82 bits per heavy atom. The van der Waals surface area contributed by atoms with Gasteiger partial charge in [-0.25, -0.2) is 9.78 Å². The van der Waals surface area contributed by atoms with Crippen LogP contribution >= 0.6 is 0 Å². The SMILES string of the molecule is [B]c1ccc2c(c1)COc1cc3c(ccc4[nH]c([C@@H]5CCCN5C(=O)[C@@H](NC(=O)OC)C(C)C)nc43)cc1-2. The molecule has 6 rings (SSSR count). The molecule has 1 fully saturated rings. The van der Waals surface area contributed by atoms with E-state index in [0.717, 1.165) is 68.4 Å². The van der Waals surface area contributed by atoms with E-state index in [4.69, 9.17) is 22.3 Å². The summed E-state index contributed by atoms with van der Waals surface area (Å²) in [6, 6.07) is 13.4. The fourth-order valence-corrected chi connectivity index (χ4v) is 5.68. The number of benzene rings is 3. The third-order valence-electron chi connectivity index (χ3n) is 7.63. The Bertz CT molecular complexity index is 1580. The number of carbonyl (C=O) groups excluding carboxylic acids is 2.